The normalized spacial score (nSPS) is 27.1. The molecule has 2 aliphatic rings. The zero-order valence-corrected chi connectivity index (χ0v) is 17.5. The highest BCUT2D eigenvalue weighted by Gasteiger charge is 2.41. The molecule has 2 aliphatic heterocycles. The molecule has 1 amide bonds. The van der Waals surface area contributed by atoms with E-state index in [1.165, 1.54) is 0 Å². The van der Waals surface area contributed by atoms with E-state index in [2.05, 4.69) is 12.4 Å². The summed E-state index contributed by atoms with van der Waals surface area (Å²) in [6.45, 7) is 2.39. The minimum Gasteiger partial charge on any atom is -0.490 e. The first kappa shape index (κ1) is 20.8. The summed E-state index contributed by atoms with van der Waals surface area (Å²) >= 11 is 0. The fourth-order valence-electron chi connectivity index (χ4n) is 4.64. The number of ether oxygens (including phenoxy) is 1. The lowest BCUT2D eigenvalue weighted by Crippen LogP contribution is -2.57. The van der Waals surface area contributed by atoms with Gasteiger partial charge in [0, 0.05) is 30.5 Å². The van der Waals surface area contributed by atoms with Crippen LogP contribution in [0.15, 0.2) is 48.5 Å². The highest BCUT2D eigenvalue weighted by molar-refractivity contribution is 5.94. The van der Waals surface area contributed by atoms with E-state index in [1.807, 2.05) is 48.5 Å². The minimum absolute atomic E-state index is 0.0256. The molecule has 6 nitrogen and oxygen atoms in total. The number of quaternary nitrogens is 1. The van der Waals surface area contributed by atoms with E-state index < -0.39 is 11.7 Å². The second-order valence-corrected chi connectivity index (χ2v) is 8.94. The molecule has 160 valence electrons. The topological polar surface area (TPSA) is 78.8 Å². The lowest BCUT2D eigenvalue weighted by Gasteiger charge is -2.45. The van der Waals surface area contributed by atoms with Gasteiger partial charge < -0.3 is 24.7 Å². The molecule has 1 saturated heterocycles. The third kappa shape index (κ3) is 4.51. The smallest absolute Gasteiger partial charge is 0.224 e. The molecule has 1 atom stereocenters. The van der Waals surface area contributed by atoms with Crippen molar-refractivity contribution in [1.29, 1.82) is 0 Å². The summed E-state index contributed by atoms with van der Waals surface area (Å²) in [5, 5.41) is 24.6. The lowest BCUT2D eigenvalue weighted by molar-refractivity contribution is -0.919. The number of piperidine rings is 1. The maximum Gasteiger partial charge on any atom is 0.224 e. The monoisotopic (exact) mass is 411 g/mol. The van der Waals surface area contributed by atoms with Crippen molar-refractivity contribution >= 4 is 11.6 Å². The van der Waals surface area contributed by atoms with E-state index in [1.54, 1.807) is 0 Å². The predicted molar refractivity (Wildman–Crippen MR) is 115 cm³/mol. The Balaban J connectivity index is 1.32. The molecule has 4 rings (SSSR count). The molecule has 6 heteroatoms. The summed E-state index contributed by atoms with van der Waals surface area (Å²) in [6.07, 6.45) is 1.85. The van der Waals surface area contributed by atoms with E-state index in [-0.39, 0.29) is 12.5 Å². The summed E-state index contributed by atoms with van der Waals surface area (Å²) < 4.78 is 6.65. The fourth-order valence-corrected chi connectivity index (χ4v) is 4.64. The molecule has 30 heavy (non-hydrogen) atoms. The van der Waals surface area contributed by atoms with Gasteiger partial charge in [-0.15, -0.1) is 0 Å². The number of hydrogen-bond acceptors (Lipinski definition) is 4. The highest BCUT2D eigenvalue weighted by Crippen LogP contribution is 2.35. The Kier molecular flexibility index (Phi) is 5.82. The third-order valence-electron chi connectivity index (χ3n) is 6.53. The Morgan fingerprint density at radius 1 is 1.10 bits per heavy atom. The van der Waals surface area contributed by atoms with E-state index in [9.17, 15) is 15.0 Å². The number of aliphatic hydroxyl groups excluding tert-OH is 1. The molecule has 2 heterocycles. The van der Waals surface area contributed by atoms with Gasteiger partial charge in [0.25, 0.3) is 0 Å². The number of nitrogens with one attached hydrogen (secondary N) is 1. The van der Waals surface area contributed by atoms with Crippen molar-refractivity contribution in [1.82, 2.24) is 0 Å². The maximum absolute atomic E-state index is 11.6. The van der Waals surface area contributed by atoms with Crippen molar-refractivity contribution in [3.05, 3.63) is 59.7 Å². The highest BCUT2D eigenvalue weighted by atomic mass is 16.5. The molecular weight excluding hydrogens is 380 g/mol. The van der Waals surface area contributed by atoms with Gasteiger partial charge >= 0.3 is 0 Å². The Bertz CT molecular complexity index is 891. The van der Waals surface area contributed by atoms with Crippen molar-refractivity contribution in [2.75, 3.05) is 38.6 Å². The van der Waals surface area contributed by atoms with E-state index >= 15 is 0 Å². The van der Waals surface area contributed by atoms with Gasteiger partial charge in [-0.25, -0.2) is 0 Å². The second-order valence-electron chi connectivity index (χ2n) is 8.94. The number of carbonyl (C=O) groups is 1. The first-order valence-corrected chi connectivity index (χ1v) is 10.7. The van der Waals surface area contributed by atoms with Gasteiger partial charge in [0.1, 0.15) is 30.6 Å². The van der Waals surface area contributed by atoms with Crippen molar-refractivity contribution in [2.24, 2.45) is 0 Å². The fraction of sp³-hybridized carbons (Fsp3) is 0.458. The number of hydrogen-bond donors (Lipinski definition) is 3. The number of amides is 1. The number of likely N-dealkylation sites (N-methyl/N-ethyl adjacent to an activating group) is 1. The Hall–Kier alpha value is -2.41. The van der Waals surface area contributed by atoms with Gasteiger partial charge in [0.15, 0.2) is 0 Å². The molecule has 0 bridgehead atoms. The molecule has 0 spiro atoms. The van der Waals surface area contributed by atoms with Crippen molar-refractivity contribution < 1.29 is 24.2 Å². The van der Waals surface area contributed by atoms with Crippen LogP contribution in [-0.4, -0.2) is 60.0 Å². The van der Waals surface area contributed by atoms with Crippen LogP contribution >= 0.6 is 0 Å². The van der Waals surface area contributed by atoms with Gasteiger partial charge in [-0.1, -0.05) is 36.4 Å². The molecule has 2 aromatic rings. The van der Waals surface area contributed by atoms with Crippen LogP contribution in [0.25, 0.3) is 0 Å². The molecule has 0 aliphatic carbocycles. The maximum atomic E-state index is 11.6. The van der Waals surface area contributed by atoms with Crippen LogP contribution in [0.1, 0.15) is 30.4 Å². The van der Waals surface area contributed by atoms with Crippen molar-refractivity contribution in [3.63, 3.8) is 0 Å². The zero-order valence-electron chi connectivity index (χ0n) is 17.5. The van der Waals surface area contributed by atoms with Crippen LogP contribution < -0.4 is 10.1 Å². The number of carbonyl (C=O) groups excluding carboxylic acids is 1. The van der Waals surface area contributed by atoms with Crippen LogP contribution in [0, 0.1) is 0 Å². The number of likely N-dealkylation sites (tertiary alicyclic amines) is 1. The molecule has 3 N–H and O–H groups in total. The molecule has 1 fully saturated rings. The van der Waals surface area contributed by atoms with Crippen LogP contribution in [0.2, 0.25) is 0 Å². The second kappa shape index (κ2) is 8.38. The largest absolute Gasteiger partial charge is 0.490 e. The molecule has 1 unspecified atom stereocenters. The molecule has 0 aromatic heterocycles. The molecule has 0 radical (unpaired) electrons. The van der Waals surface area contributed by atoms with E-state index in [4.69, 9.17) is 4.74 Å². The first-order chi connectivity index (χ1) is 14.4. The number of fused-ring (bicyclic) bond motifs is 1. The Morgan fingerprint density at radius 3 is 2.57 bits per heavy atom. The SMILES string of the molecule is C[N+]1(CC(O)COc2cccc3c2CCC(=O)N3)CCC(O)(c2ccccc2)CC1. The van der Waals surface area contributed by atoms with Gasteiger partial charge in [-0.3, -0.25) is 4.79 Å². The van der Waals surface area contributed by atoms with Gasteiger partial charge in [-0.2, -0.15) is 0 Å². The Labute approximate surface area is 177 Å². The van der Waals surface area contributed by atoms with Gasteiger partial charge in [-0.05, 0) is 24.1 Å². The van der Waals surface area contributed by atoms with Crippen molar-refractivity contribution in [3.8, 4) is 5.75 Å². The van der Waals surface area contributed by atoms with Crippen LogP contribution in [0.5, 0.6) is 5.75 Å². The quantitative estimate of drug-likeness (QED) is 0.638. The standard InChI is InChI=1S/C24H30N2O4/c1-26(14-12-24(29,13-15-26)18-6-3-2-4-7-18)16-19(27)17-30-22-9-5-8-21-20(22)10-11-23(28)25-21/h2-9,19,27,29H,10-17H2,1H3/p+1. The summed E-state index contributed by atoms with van der Waals surface area (Å²) in [5.74, 6) is 0.754. The molecule has 0 saturated carbocycles. The van der Waals surface area contributed by atoms with E-state index in [0.29, 0.717) is 36.7 Å². The Morgan fingerprint density at radius 2 is 1.83 bits per heavy atom. The number of benzene rings is 2. The van der Waals surface area contributed by atoms with Crippen LogP contribution in [0.3, 0.4) is 0 Å². The number of nitrogens with zero attached hydrogens (tertiary/aromatic N) is 1. The predicted octanol–water partition coefficient (Wildman–Crippen LogP) is 2.44. The first-order valence-electron chi connectivity index (χ1n) is 10.7. The van der Waals surface area contributed by atoms with Gasteiger partial charge in [0.05, 0.1) is 20.1 Å². The summed E-state index contributed by atoms with van der Waals surface area (Å²) in [4.78, 5) is 11.6. The zero-order chi connectivity index (χ0) is 21.2. The summed E-state index contributed by atoms with van der Waals surface area (Å²) in [7, 11) is 2.13. The summed E-state index contributed by atoms with van der Waals surface area (Å²) in [6, 6.07) is 15.5. The third-order valence-corrected chi connectivity index (χ3v) is 6.53. The van der Waals surface area contributed by atoms with Crippen LogP contribution in [-0.2, 0) is 16.8 Å². The van der Waals surface area contributed by atoms with Gasteiger partial charge in [0.2, 0.25) is 5.91 Å². The number of anilines is 1. The molecular formula is C24H31N2O4+. The summed E-state index contributed by atoms with van der Waals surface area (Å²) in [5.41, 5.74) is 1.98. The average molecular weight is 412 g/mol. The average Bonchev–Trinajstić information content (AvgIpc) is 2.75. The lowest BCUT2D eigenvalue weighted by atomic mass is 9.83. The van der Waals surface area contributed by atoms with E-state index in [0.717, 1.165) is 35.7 Å². The minimum atomic E-state index is -0.784. The number of rotatable bonds is 6. The van der Waals surface area contributed by atoms with Crippen molar-refractivity contribution in [2.45, 2.75) is 37.4 Å². The number of aliphatic hydroxyl groups is 2. The van der Waals surface area contributed by atoms with Crippen LogP contribution in [0.4, 0.5) is 5.69 Å². The molecule has 2 aromatic carbocycles.